The van der Waals surface area contributed by atoms with Crippen LogP contribution < -0.4 is 0 Å². The van der Waals surface area contributed by atoms with Gasteiger partial charge in [-0.1, -0.05) is 35.0 Å². The van der Waals surface area contributed by atoms with Gasteiger partial charge in [0.1, 0.15) is 9.84 Å². The van der Waals surface area contributed by atoms with E-state index in [0.29, 0.717) is 29.6 Å². The third kappa shape index (κ3) is 3.87. The fraction of sp³-hybridized carbons (Fsp3) is 0.467. The van der Waals surface area contributed by atoms with Crippen molar-refractivity contribution in [2.24, 2.45) is 5.41 Å². The second kappa shape index (κ2) is 5.66. The zero-order valence-corrected chi connectivity index (χ0v) is 13.8. The number of hydrogen-bond donors (Lipinski definition) is 0. The molecule has 1 aliphatic rings. The predicted molar refractivity (Wildman–Crippen MR) is 83.6 cm³/mol. The third-order valence-corrected chi connectivity index (χ3v) is 5.37. The second-order valence-corrected chi connectivity index (χ2v) is 8.67. The van der Waals surface area contributed by atoms with Crippen LogP contribution in [0.5, 0.6) is 0 Å². The first-order valence-electron chi connectivity index (χ1n) is 7.08. The van der Waals surface area contributed by atoms with Gasteiger partial charge in [0.15, 0.2) is 5.82 Å². The van der Waals surface area contributed by atoms with Crippen LogP contribution in [-0.2, 0) is 22.7 Å². The van der Waals surface area contributed by atoms with Crippen molar-refractivity contribution in [1.82, 2.24) is 10.1 Å². The summed E-state index contributed by atoms with van der Waals surface area (Å²) in [5.41, 5.74) is 0.732. The fourth-order valence-electron chi connectivity index (χ4n) is 2.67. The van der Waals surface area contributed by atoms with Crippen molar-refractivity contribution in [1.29, 1.82) is 0 Å². The minimum Gasteiger partial charge on any atom is -0.339 e. The lowest BCUT2D eigenvalue weighted by Gasteiger charge is -2.09. The Morgan fingerprint density at radius 1 is 1.32 bits per heavy atom. The molecule has 1 aromatic carbocycles. The van der Waals surface area contributed by atoms with Crippen molar-refractivity contribution in [3.05, 3.63) is 46.6 Å². The first-order chi connectivity index (χ1) is 10.4. The molecule has 0 bridgehead atoms. The van der Waals surface area contributed by atoms with Crippen LogP contribution in [-0.4, -0.2) is 30.6 Å². The maximum atomic E-state index is 11.5. The van der Waals surface area contributed by atoms with E-state index in [-0.39, 0.29) is 11.2 Å². The van der Waals surface area contributed by atoms with E-state index in [9.17, 15) is 8.42 Å². The maximum Gasteiger partial charge on any atom is 0.227 e. The summed E-state index contributed by atoms with van der Waals surface area (Å²) < 4.78 is 28.2. The van der Waals surface area contributed by atoms with E-state index in [4.69, 9.17) is 16.1 Å². The lowest BCUT2D eigenvalue weighted by molar-refractivity contribution is 0.350. The highest BCUT2D eigenvalue weighted by Gasteiger charge is 2.46. The number of nitrogens with zero attached hydrogens (tertiary/aromatic N) is 2. The highest BCUT2D eigenvalue weighted by molar-refractivity contribution is 7.90. The van der Waals surface area contributed by atoms with Gasteiger partial charge in [-0.15, -0.1) is 0 Å². The molecule has 22 heavy (non-hydrogen) atoms. The Labute approximate surface area is 134 Å². The highest BCUT2D eigenvalue weighted by atomic mass is 35.5. The highest BCUT2D eigenvalue weighted by Crippen LogP contribution is 2.49. The van der Waals surface area contributed by atoms with Gasteiger partial charge in [0.05, 0.1) is 5.75 Å². The van der Waals surface area contributed by atoms with E-state index in [0.717, 1.165) is 18.4 Å². The van der Waals surface area contributed by atoms with Gasteiger partial charge < -0.3 is 4.52 Å². The van der Waals surface area contributed by atoms with Crippen molar-refractivity contribution < 1.29 is 12.9 Å². The molecule has 0 radical (unpaired) electrons. The smallest absolute Gasteiger partial charge is 0.227 e. The molecule has 3 rings (SSSR count). The Balaban J connectivity index is 1.68. The van der Waals surface area contributed by atoms with Gasteiger partial charge in [0.2, 0.25) is 5.89 Å². The van der Waals surface area contributed by atoms with Gasteiger partial charge in [0.25, 0.3) is 0 Å². The van der Waals surface area contributed by atoms with E-state index >= 15 is 0 Å². The minimum absolute atomic E-state index is 0.183. The molecule has 1 aliphatic carbocycles. The minimum atomic E-state index is -2.99. The predicted octanol–water partition coefficient (Wildman–Crippen LogP) is 2.68. The third-order valence-electron chi connectivity index (χ3n) is 3.87. The topological polar surface area (TPSA) is 73.1 Å². The van der Waals surface area contributed by atoms with Crippen LogP contribution in [0, 0.1) is 5.41 Å². The Bertz CT molecular complexity index is 782. The van der Waals surface area contributed by atoms with Crippen LogP contribution in [0.1, 0.15) is 30.1 Å². The number of benzene rings is 1. The van der Waals surface area contributed by atoms with Crippen LogP contribution in [0.4, 0.5) is 0 Å². The molecule has 1 heterocycles. The maximum absolute atomic E-state index is 11.5. The number of hydrogen-bond acceptors (Lipinski definition) is 5. The monoisotopic (exact) mass is 340 g/mol. The van der Waals surface area contributed by atoms with E-state index in [1.54, 1.807) is 0 Å². The summed E-state index contributed by atoms with van der Waals surface area (Å²) >= 11 is 6.12. The first kappa shape index (κ1) is 15.5. The molecule has 1 aromatic heterocycles. The van der Waals surface area contributed by atoms with Gasteiger partial charge in [0, 0.05) is 24.1 Å². The molecule has 0 amide bonds. The Kier molecular flexibility index (Phi) is 3.99. The second-order valence-electron chi connectivity index (χ2n) is 6.12. The van der Waals surface area contributed by atoms with Gasteiger partial charge in [-0.25, -0.2) is 8.42 Å². The SMILES string of the molecule is CS(=O)(=O)CC1(Cc2nc(Cc3ccccc3Cl)no2)CC1. The summed E-state index contributed by atoms with van der Waals surface area (Å²) in [4.78, 5) is 4.37. The molecule has 0 aliphatic heterocycles. The van der Waals surface area contributed by atoms with Crippen LogP contribution in [0.3, 0.4) is 0 Å². The Morgan fingerprint density at radius 3 is 2.68 bits per heavy atom. The van der Waals surface area contributed by atoms with Crippen molar-refractivity contribution in [3.63, 3.8) is 0 Å². The molecule has 1 saturated carbocycles. The zero-order chi connectivity index (χ0) is 15.8. The fourth-order valence-corrected chi connectivity index (χ4v) is 4.38. The molecule has 0 atom stereocenters. The standard InChI is InChI=1S/C15H17ClN2O3S/c1-22(19,20)10-15(6-7-15)9-14-17-13(18-21-14)8-11-4-2-3-5-12(11)16/h2-5H,6-10H2,1H3. The summed E-state index contributed by atoms with van der Waals surface area (Å²) in [5, 5.41) is 4.64. The molecule has 1 fully saturated rings. The van der Waals surface area contributed by atoms with Crippen molar-refractivity contribution in [3.8, 4) is 0 Å². The van der Waals surface area contributed by atoms with E-state index < -0.39 is 9.84 Å². The average Bonchev–Trinajstić information content (AvgIpc) is 3.00. The summed E-state index contributed by atoms with van der Waals surface area (Å²) in [7, 11) is -2.99. The molecule has 0 N–H and O–H groups in total. The number of sulfone groups is 1. The van der Waals surface area contributed by atoms with Crippen LogP contribution in [0.15, 0.2) is 28.8 Å². The van der Waals surface area contributed by atoms with Crippen LogP contribution in [0.2, 0.25) is 5.02 Å². The molecule has 118 valence electrons. The van der Waals surface area contributed by atoms with Gasteiger partial charge in [-0.05, 0) is 29.9 Å². The lowest BCUT2D eigenvalue weighted by Crippen LogP contribution is -2.18. The van der Waals surface area contributed by atoms with E-state index in [1.807, 2.05) is 24.3 Å². The molecule has 5 nitrogen and oxygen atoms in total. The van der Waals surface area contributed by atoms with Crippen LogP contribution >= 0.6 is 11.6 Å². The normalized spacial score (nSPS) is 16.6. The summed E-state index contributed by atoms with van der Waals surface area (Å²) in [6.07, 6.45) is 4.08. The van der Waals surface area contributed by atoms with Crippen LogP contribution in [0.25, 0.3) is 0 Å². The number of halogens is 1. The van der Waals surface area contributed by atoms with Gasteiger partial charge >= 0.3 is 0 Å². The van der Waals surface area contributed by atoms with Crippen molar-refractivity contribution in [2.75, 3.05) is 12.0 Å². The molecule has 7 heteroatoms. The molecule has 0 unspecified atom stereocenters. The molecular weight excluding hydrogens is 324 g/mol. The van der Waals surface area contributed by atoms with Crippen molar-refractivity contribution >= 4 is 21.4 Å². The quantitative estimate of drug-likeness (QED) is 0.808. The molecule has 2 aromatic rings. The number of rotatable bonds is 6. The molecule has 0 spiro atoms. The average molecular weight is 341 g/mol. The summed E-state index contributed by atoms with van der Waals surface area (Å²) in [6.45, 7) is 0. The van der Waals surface area contributed by atoms with Gasteiger partial charge in [-0.3, -0.25) is 0 Å². The molecule has 0 saturated heterocycles. The first-order valence-corrected chi connectivity index (χ1v) is 9.52. The largest absolute Gasteiger partial charge is 0.339 e. The molecular formula is C15H17ClN2O3S. The van der Waals surface area contributed by atoms with Crippen molar-refractivity contribution in [2.45, 2.75) is 25.7 Å². The summed E-state index contributed by atoms with van der Waals surface area (Å²) in [6, 6.07) is 7.52. The number of aromatic nitrogens is 2. The van der Waals surface area contributed by atoms with Gasteiger partial charge in [-0.2, -0.15) is 4.98 Å². The Morgan fingerprint density at radius 2 is 2.05 bits per heavy atom. The zero-order valence-electron chi connectivity index (χ0n) is 12.3. The van der Waals surface area contributed by atoms with E-state index in [2.05, 4.69) is 10.1 Å². The summed E-state index contributed by atoms with van der Waals surface area (Å²) in [5.74, 6) is 1.25. The van der Waals surface area contributed by atoms with E-state index in [1.165, 1.54) is 6.26 Å². The Hall–Kier alpha value is -1.40. The lowest BCUT2D eigenvalue weighted by atomic mass is 10.1.